The molecule has 114 valence electrons. The highest BCUT2D eigenvalue weighted by Crippen LogP contribution is 2.21. The lowest BCUT2D eigenvalue weighted by atomic mass is 10.1. The minimum Gasteiger partial charge on any atom is -0.368 e. The third-order valence-electron chi connectivity index (χ3n) is 3.68. The summed E-state index contributed by atoms with van der Waals surface area (Å²) in [7, 11) is 0. The molecule has 0 spiro atoms. The fraction of sp³-hybridized carbons (Fsp3) is 0.294. The van der Waals surface area contributed by atoms with E-state index in [-0.39, 0.29) is 17.8 Å². The summed E-state index contributed by atoms with van der Waals surface area (Å²) in [6.07, 6.45) is 3.03. The third kappa shape index (κ3) is 3.31. The molecule has 2 aromatic rings. The summed E-state index contributed by atoms with van der Waals surface area (Å²) >= 11 is 0. The Labute approximate surface area is 128 Å². The molecule has 1 fully saturated rings. The second-order valence-corrected chi connectivity index (χ2v) is 5.24. The number of amides is 1. The van der Waals surface area contributed by atoms with Crippen LogP contribution >= 0.6 is 0 Å². The molecule has 0 bridgehead atoms. The van der Waals surface area contributed by atoms with E-state index in [9.17, 15) is 9.18 Å². The van der Waals surface area contributed by atoms with Gasteiger partial charge in [-0.2, -0.15) is 0 Å². The zero-order valence-electron chi connectivity index (χ0n) is 12.1. The van der Waals surface area contributed by atoms with Gasteiger partial charge in [-0.3, -0.25) is 9.78 Å². The highest BCUT2D eigenvalue weighted by atomic mass is 19.1. The Balaban J connectivity index is 1.73. The molecule has 1 amide bonds. The molecule has 0 unspecified atom stereocenters. The van der Waals surface area contributed by atoms with Crippen LogP contribution in [0.2, 0.25) is 0 Å². The van der Waals surface area contributed by atoms with E-state index in [2.05, 4.69) is 10.3 Å². The van der Waals surface area contributed by atoms with Gasteiger partial charge in [-0.15, -0.1) is 0 Å². The second-order valence-electron chi connectivity index (χ2n) is 5.24. The van der Waals surface area contributed by atoms with Crippen molar-refractivity contribution in [1.82, 2.24) is 10.3 Å². The van der Waals surface area contributed by atoms with Crippen molar-refractivity contribution in [1.29, 1.82) is 0 Å². The van der Waals surface area contributed by atoms with Crippen LogP contribution in [-0.2, 0) is 16.1 Å². The maximum absolute atomic E-state index is 13.0. The second kappa shape index (κ2) is 6.66. The predicted molar refractivity (Wildman–Crippen MR) is 80.5 cm³/mol. The van der Waals surface area contributed by atoms with E-state index in [1.165, 1.54) is 12.1 Å². The van der Waals surface area contributed by atoms with Crippen LogP contribution in [0.25, 0.3) is 11.3 Å². The fourth-order valence-corrected chi connectivity index (χ4v) is 2.53. The Hall–Kier alpha value is -2.27. The SMILES string of the molecule is O=C(NCc1cccnc1-c1ccc(F)cc1)[C@@H]1CCCO1. The lowest BCUT2D eigenvalue weighted by Crippen LogP contribution is -2.33. The Kier molecular flexibility index (Phi) is 4.44. The van der Waals surface area contributed by atoms with Crippen molar-refractivity contribution in [2.75, 3.05) is 6.61 Å². The van der Waals surface area contributed by atoms with Crippen LogP contribution in [0.15, 0.2) is 42.6 Å². The number of rotatable bonds is 4. The molecule has 3 rings (SSSR count). The highest BCUT2D eigenvalue weighted by molar-refractivity contribution is 5.81. The number of ether oxygens (including phenoxy) is 1. The minimum atomic E-state index is -0.342. The first-order valence-corrected chi connectivity index (χ1v) is 7.33. The van der Waals surface area contributed by atoms with Crippen LogP contribution in [0.5, 0.6) is 0 Å². The number of nitrogens with zero attached hydrogens (tertiary/aromatic N) is 1. The smallest absolute Gasteiger partial charge is 0.249 e. The van der Waals surface area contributed by atoms with E-state index in [0.29, 0.717) is 13.2 Å². The number of hydrogen-bond donors (Lipinski definition) is 1. The summed E-state index contributed by atoms with van der Waals surface area (Å²) in [4.78, 5) is 16.4. The summed E-state index contributed by atoms with van der Waals surface area (Å²) in [5.74, 6) is -0.376. The zero-order chi connectivity index (χ0) is 15.4. The van der Waals surface area contributed by atoms with Gasteiger partial charge >= 0.3 is 0 Å². The summed E-state index contributed by atoms with van der Waals surface area (Å²) in [5.41, 5.74) is 2.46. The number of hydrogen-bond acceptors (Lipinski definition) is 3. The van der Waals surface area contributed by atoms with Crippen molar-refractivity contribution >= 4 is 5.91 Å². The molecule has 1 aliphatic heterocycles. The van der Waals surface area contributed by atoms with E-state index in [1.807, 2.05) is 12.1 Å². The standard InChI is InChI=1S/C17H17FN2O2/c18-14-7-5-12(6-8-14)16-13(3-1-9-19-16)11-20-17(21)15-4-2-10-22-15/h1,3,5-9,15H,2,4,10-11H2,(H,20,21)/t15-/m0/s1. The molecule has 0 radical (unpaired) electrons. The van der Waals surface area contributed by atoms with Crippen molar-refractivity contribution in [2.24, 2.45) is 0 Å². The van der Waals surface area contributed by atoms with E-state index in [1.54, 1.807) is 18.3 Å². The number of carbonyl (C=O) groups is 1. The van der Waals surface area contributed by atoms with E-state index in [0.717, 1.165) is 29.7 Å². The Morgan fingerprint density at radius 3 is 2.86 bits per heavy atom. The van der Waals surface area contributed by atoms with Crippen molar-refractivity contribution in [3.63, 3.8) is 0 Å². The maximum Gasteiger partial charge on any atom is 0.249 e. The van der Waals surface area contributed by atoms with Gasteiger partial charge in [0.15, 0.2) is 0 Å². The van der Waals surface area contributed by atoms with Gasteiger partial charge in [0, 0.05) is 24.9 Å². The first kappa shape index (κ1) is 14.7. The quantitative estimate of drug-likeness (QED) is 0.944. The lowest BCUT2D eigenvalue weighted by molar-refractivity contribution is -0.130. The molecule has 0 aliphatic carbocycles. The van der Waals surface area contributed by atoms with Gasteiger partial charge in [-0.25, -0.2) is 4.39 Å². The molecule has 22 heavy (non-hydrogen) atoms. The first-order chi connectivity index (χ1) is 10.7. The van der Waals surface area contributed by atoms with Gasteiger partial charge in [0.05, 0.1) is 5.69 Å². The molecule has 1 aromatic heterocycles. The highest BCUT2D eigenvalue weighted by Gasteiger charge is 2.23. The van der Waals surface area contributed by atoms with Crippen molar-refractivity contribution in [2.45, 2.75) is 25.5 Å². The molecule has 1 N–H and O–H groups in total. The third-order valence-corrected chi connectivity index (χ3v) is 3.68. The first-order valence-electron chi connectivity index (χ1n) is 7.33. The van der Waals surface area contributed by atoms with Crippen molar-refractivity contribution in [3.05, 3.63) is 54.0 Å². The van der Waals surface area contributed by atoms with Crippen LogP contribution in [-0.4, -0.2) is 23.6 Å². The van der Waals surface area contributed by atoms with Gasteiger partial charge in [-0.05, 0) is 48.7 Å². The molecule has 2 heterocycles. The summed E-state index contributed by atoms with van der Waals surface area (Å²) in [6, 6.07) is 9.89. The number of pyridine rings is 1. The average molecular weight is 300 g/mol. The molecule has 1 atom stereocenters. The molecular formula is C17H17FN2O2. The van der Waals surface area contributed by atoms with Gasteiger partial charge in [0.1, 0.15) is 11.9 Å². The number of benzene rings is 1. The van der Waals surface area contributed by atoms with Gasteiger partial charge in [0.25, 0.3) is 0 Å². The van der Waals surface area contributed by atoms with E-state index >= 15 is 0 Å². The number of carbonyl (C=O) groups excluding carboxylic acids is 1. The topological polar surface area (TPSA) is 51.2 Å². The molecule has 0 saturated carbocycles. The van der Waals surface area contributed by atoms with Crippen LogP contribution in [0, 0.1) is 5.82 Å². The summed E-state index contributed by atoms with van der Waals surface area (Å²) in [5, 5.41) is 2.88. The van der Waals surface area contributed by atoms with Gasteiger partial charge < -0.3 is 10.1 Å². The Bertz CT molecular complexity index is 652. The van der Waals surface area contributed by atoms with Crippen LogP contribution in [0.3, 0.4) is 0 Å². The molecule has 1 aliphatic rings. The van der Waals surface area contributed by atoms with Crippen LogP contribution in [0.4, 0.5) is 4.39 Å². The monoisotopic (exact) mass is 300 g/mol. The largest absolute Gasteiger partial charge is 0.368 e. The van der Waals surface area contributed by atoms with Crippen molar-refractivity contribution < 1.29 is 13.9 Å². The Morgan fingerprint density at radius 1 is 1.32 bits per heavy atom. The number of halogens is 1. The Morgan fingerprint density at radius 2 is 2.14 bits per heavy atom. The molecule has 1 aromatic carbocycles. The summed E-state index contributed by atoms with van der Waals surface area (Å²) < 4.78 is 18.4. The predicted octanol–water partition coefficient (Wildman–Crippen LogP) is 2.68. The normalized spacial score (nSPS) is 17.4. The van der Waals surface area contributed by atoms with Gasteiger partial charge in [0.2, 0.25) is 5.91 Å². The molecule has 5 heteroatoms. The fourth-order valence-electron chi connectivity index (χ4n) is 2.53. The zero-order valence-corrected chi connectivity index (χ0v) is 12.1. The maximum atomic E-state index is 13.0. The molecule has 4 nitrogen and oxygen atoms in total. The number of aromatic nitrogens is 1. The summed E-state index contributed by atoms with van der Waals surface area (Å²) in [6.45, 7) is 1.02. The molecule has 1 saturated heterocycles. The van der Waals surface area contributed by atoms with Crippen LogP contribution in [0.1, 0.15) is 18.4 Å². The van der Waals surface area contributed by atoms with E-state index in [4.69, 9.17) is 4.74 Å². The minimum absolute atomic E-state index is 0.0913. The average Bonchev–Trinajstić information content (AvgIpc) is 3.08. The van der Waals surface area contributed by atoms with E-state index < -0.39 is 0 Å². The number of nitrogens with one attached hydrogen (secondary N) is 1. The van der Waals surface area contributed by atoms with Crippen molar-refractivity contribution in [3.8, 4) is 11.3 Å². The lowest BCUT2D eigenvalue weighted by Gasteiger charge is -2.12. The molecular weight excluding hydrogens is 283 g/mol. The van der Waals surface area contributed by atoms with Crippen LogP contribution < -0.4 is 5.32 Å². The van der Waals surface area contributed by atoms with Gasteiger partial charge in [-0.1, -0.05) is 6.07 Å².